The monoisotopic (exact) mass is 414 g/mol. The molecule has 2 N–H and O–H groups in total. The van der Waals surface area contributed by atoms with Crippen molar-refractivity contribution >= 4 is 40.0 Å². The molecular weight excluding hydrogens is 388 g/mol. The van der Waals surface area contributed by atoms with Gasteiger partial charge >= 0.3 is 0 Å². The number of benzene rings is 1. The van der Waals surface area contributed by atoms with Crippen LogP contribution < -0.4 is 5.32 Å². The maximum Gasteiger partial charge on any atom is 0.237 e. The van der Waals surface area contributed by atoms with Gasteiger partial charge in [0.15, 0.2) is 5.16 Å². The summed E-state index contributed by atoms with van der Waals surface area (Å²) >= 11 is 3.53. The van der Waals surface area contributed by atoms with Crippen LogP contribution in [0.1, 0.15) is 30.7 Å². The van der Waals surface area contributed by atoms with Crippen LogP contribution in [0.2, 0.25) is 0 Å². The molecule has 0 saturated carbocycles. The van der Waals surface area contributed by atoms with Crippen LogP contribution in [0.15, 0.2) is 40.9 Å². The van der Waals surface area contributed by atoms with Crippen LogP contribution in [-0.4, -0.2) is 44.7 Å². The zero-order chi connectivity index (χ0) is 19.7. The Bertz CT molecular complexity index is 931. The standard InChI is InChI=1S/C21H26N4OS2/c1-13(2)22-20(26)18-10-15(11-25(18)12-19-14(3)8-9-27-19)28-21-23-16-6-4-5-7-17(16)24-21/h4-9,13,15,18H,10-12H2,1-3H3,(H,22,26)(H,23,24)/t15-,18-/m0/s1. The van der Waals surface area contributed by atoms with Crippen molar-refractivity contribution in [3.63, 3.8) is 0 Å². The van der Waals surface area contributed by atoms with E-state index in [1.54, 1.807) is 23.1 Å². The van der Waals surface area contributed by atoms with Crippen LogP contribution in [0.5, 0.6) is 0 Å². The van der Waals surface area contributed by atoms with E-state index >= 15 is 0 Å². The number of carbonyl (C=O) groups excluding carboxylic acids is 1. The molecule has 1 aliphatic rings. The van der Waals surface area contributed by atoms with Crippen LogP contribution >= 0.6 is 23.1 Å². The minimum absolute atomic E-state index is 0.0919. The minimum atomic E-state index is -0.0919. The molecule has 5 nitrogen and oxygen atoms in total. The number of nitrogens with one attached hydrogen (secondary N) is 2. The van der Waals surface area contributed by atoms with E-state index < -0.39 is 0 Å². The van der Waals surface area contributed by atoms with Crippen LogP contribution in [0.25, 0.3) is 11.0 Å². The summed E-state index contributed by atoms with van der Waals surface area (Å²) in [7, 11) is 0. The number of thiophene rings is 1. The Kier molecular flexibility index (Phi) is 5.75. The van der Waals surface area contributed by atoms with E-state index in [0.29, 0.717) is 5.25 Å². The van der Waals surface area contributed by atoms with Crippen molar-refractivity contribution in [2.45, 2.75) is 56.2 Å². The normalized spacial score (nSPS) is 20.3. The molecule has 1 fully saturated rings. The Labute approximate surface area is 173 Å². The molecule has 1 aromatic carbocycles. The highest BCUT2D eigenvalue weighted by Gasteiger charge is 2.38. The Morgan fingerprint density at radius 3 is 2.93 bits per heavy atom. The molecule has 1 saturated heterocycles. The lowest BCUT2D eigenvalue weighted by atomic mass is 10.2. The van der Waals surface area contributed by atoms with Crippen molar-refractivity contribution in [1.29, 1.82) is 0 Å². The molecule has 3 heterocycles. The van der Waals surface area contributed by atoms with Crippen molar-refractivity contribution in [3.05, 3.63) is 46.2 Å². The highest BCUT2D eigenvalue weighted by molar-refractivity contribution is 7.99. The SMILES string of the molecule is Cc1ccsc1CN1C[C@@H](Sc2nc3ccccc3[nH]2)C[C@H]1C(=O)NC(C)C. The first-order chi connectivity index (χ1) is 13.5. The van der Waals surface area contributed by atoms with Crippen molar-refractivity contribution in [1.82, 2.24) is 20.2 Å². The number of aromatic nitrogens is 2. The first-order valence-corrected chi connectivity index (χ1v) is 11.4. The number of aryl methyl sites for hydroxylation is 1. The third-order valence-electron chi connectivity index (χ3n) is 5.06. The summed E-state index contributed by atoms with van der Waals surface area (Å²) in [6, 6.07) is 10.3. The van der Waals surface area contributed by atoms with Crippen LogP contribution in [0, 0.1) is 6.92 Å². The molecule has 2 atom stereocenters. The summed E-state index contributed by atoms with van der Waals surface area (Å²) in [4.78, 5) is 24.6. The molecule has 1 amide bonds. The summed E-state index contributed by atoms with van der Waals surface area (Å²) in [6.07, 6.45) is 0.838. The van der Waals surface area contributed by atoms with Gasteiger partial charge in [0.25, 0.3) is 0 Å². The van der Waals surface area contributed by atoms with E-state index in [2.05, 4.69) is 33.6 Å². The number of aromatic amines is 1. The fourth-order valence-corrected chi connectivity index (χ4v) is 5.78. The maximum atomic E-state index is 12.8. The van der Waals surface area contributed by atoms with E-state index in [1.165, 1.54) is 10.4 Å². The number of H-pyrrole nitrogens is 1. The third kappa shape index (κ3) is 4.26. The van der Waals surface area contributed by atoms with E-state index in [9.17, 15) is 4.79 Å². The zero-order valence-corrected chi connectivity index (χ0v) is 18.1. The second-order valence-corrected chi connectivity index (χ2v) is 9.96. The van der Waals surface area contributed by atoms with Gasteiger partial charge in [-0.2, -0.15) is 0 Å². The van der Waals surface area contributed by atoms with Gasteiger partial charge < -0.3 is 10.3 Å². The number of rotatable bonds is 6. The topological polar surface area (TPSA) is 61.0 Å². The van der Waals surface area contributed by atoms with Gasteiger partial charge in [0.1, 0.15) is 0 Å². The second-order valence-electron chi connectivity index (χ2n) is 7.67. The Morgan fingerprint density at radius 1 is 1.39 bits per heavy atom. The number of imidazole rings is 1. The molecule has 2 aromatic heterocycles. The van der Waals surface area contributed by atoms with E-state index in [4.69, 9.17) is 4.98 Å². The molecule has 4 rings (SSSR count). The number of hydrogen-bond acceptors (Lipinski definition) is 5. The molecule has 7 heteroatoms. The van der Waals surface area contributed by atoms with Gasteiger partial charge in [-0.25, -0.2) is 4.98 Å². The molecule has 0 radical (unpaired) electrons. The molecule has 0 spiro atoms. The third-order valence-corrected chi connectivity index (χ3v) is 7.16. The number of fused-ring (bicyclic) bond motifs is 1. The van der Waals surface area contributed by atoms with Gasteiger partial charge in [-0.3, -0.25) is 9.69 Å². The molecule has 0 unspecified atom stereocenters. The zero-order valence-electron chi connectivity index (χ0n) is 16.4. The van der Waals surface area contributed by atoms with Crippen molar-refractivity contribution in [2.75, 3.05) is 6.54 Å². The van der Waals surface area contributed by atoms with Gasteiger partial charge in [-0.05, 0) is 56.3 Å². The van der Waals surface area contributed by atoms with E-state index in [0.717, 1.165) is 35.7 Å². The maximum absolute atomic E-state index is 12.8. The van der Waals surface area contributed by atoms with Gasteiger partial charge in [-0.1, -0.05) is 23.9 Å². The van der Waals surface area contributed by atoms with Crippen LogP contribution in [-0.2, 0) is 11.3 Å². The van der Waals surface area contributed by atoms with Crippen LogP contribution in [0.4, 0.5) is 0 Å². The van der Waals surface area contributed by atoms with Gasteiger partial charge in [0.2, 0.25) is 5.91 Å². The Balaban J connectivity index is 1.50. The molecule has 1 aliphatic heterocycles. The molecule has 0 aliphatic carbocycles. The highest BCUT2D eigenvalue weighted by Crippen LogP contribution is 2.34. The summed E-state index contributed by atoms with van der Waals surface area (Å²) in [6.45, 7) is 7.89. The van der Waals surface area contributed by atoms with Crippen molar-refractivity contribution in [2.24, 2.45) is 0 Å². The number of likely N-dealkylation sites (tertiary alicyclic amines) is 1. The second kappa shape index (κ2) is 8.27. The lowest BCUT2D eigenvalue weighted by Crippen LogP contribution is -2.45. The number of thioether (sulfide) groups is 1. The lowest BCUT2D eigenvalue weighted by molar-refractivity contribution is -0.126. The summed E-state index contributed by atoms with van der Waals surface area (Å²) < 4.78 is 0. The summed E-state index contributed by atoms with van der Waals surface area (Å²) in [5.41, 5.74) is 3.35. The quantitative estimate of drug-likeness (QED) is 0.635. The number of nitrogens with zero attached hydrogens (tertiary/aromatic N) is 2. The largest absolute Gasteiger partial charge is 0.353 e. The van der Waals surface area contributed by atoms with Gasteiger partial charge in [0, 0.05) is 29.3 Å². The molecule has 3 aromatic rings. The number of hydrogen-bond donors (Lipinski definition) is 2. The van der Waals surface area contributed by atoms with Gasteiger partial charge in [0.05, 0.1) is 17.1 Å². The fourth-order valence-electron chi connectivity index (χ4n) is 3.67. The average molecular weight is 415 g/mol. The smallest absolute Gasteiger partial charge is 0.237 e. The van der Waals surface area contributed by atoms with Crippen molar-refractivity contribution in [3.8, 4) is 0 Å². The number of carbonyl (C=O) groups is 1. The van der Waals surface area contributed by atoms with E-state index in [-0.39, 0.29) is 18.0 Å². The molecular formula is C21H26N4OS2. The Hall–Kier alpha value is -1.83. The minimum Gasteiger partial charge on any atom is -0.353 e. The van der Waals surface area contributed by atoms with Crippen molar-refractivity contribution < 1.29 is 4.79 Å². The molecule has 148 valence electrons. The predicted molar refractivity (Wildman–Crippen MR) is 117 cm³/mol. The predicted octanol–water partition coefficient (Wildman–Crippen LogP) is 4.19. The van der Waals surface area contributed by atoms with E-state index in [1.807, 2.05) is 38.1 Å². The first-order valence-electron chi connectivity index (χ1n) is 9.68. The fraction of sp³-hybridized carbons (Fsp3) is 0.429. The summed E-state index contributed by atoms with van der Waals surface area (Å²) in [5.74, 6) is 0.136. The summed E-state index contributed by atoms with van der Waals surface area (Å²) in [5, 5.41) is 6.50. The Morgan fingerprint density at radius 2 is 2.21 bits per heavy atom. The van der Waals surface area contributed by atoms with Gasteiger partial charge in [-0.15, -0.1) is 11.3 Å². The van der Waals surface area contributed by atoms with Crippen LogP contribution in [0.3, 0.4) is 0 Å². The number of para-hydroxylation sites is 2. The average Bonchev–Trinajstić information content (AvgIpc) is 3.34. The number of amides is 1. The lowest BCUT2D eigenvalue weighted by Gasteiger charge is -2.24. The highest BCUT2D eigenvalue weighted by atomic mass is 32.2. The first kappa shape index (κ1) is 19.5. The molecule has 0 bridgehead atoms. The molecule has 28 heavy (non-hydrogen) atoms.